The molecule has 5 nitrogen and oxygen atoms in total. The topological polar surface area (TPSA) is 75.3 Å². The molecule has 0 aliphatic heterocycles. The van der Waals surface area contributed by atoms with E-state index >= 15 is 0 Å². The lowest BCUT2D eigenvalue weighted by Crippen LogP contribution is -2.41. The fourth-order valence-electron chi connectivity index (χ4n) is 1.48. The molecule has 8 heteroatoms. The molecule has 0 saturated carbocycles. The summed E-state index contributed by atoms with van der Waals surface area (Å²) in [6.45, 7) is 0. The van der Waals surface area contributed by atoms with Crippen LogP contribution in [0, 0.1) is 0 Å². The van der Waals surface area contributed by atoms with E-state index in [9.17, 15) is 13.2 Å². The van der Waals surface area contributed by atoms with Gasteiger partial charge in [0.15, 0.2) is 0 Å². The molecular formula is C13H10BrClN2O3S. The average molecular weight is 390 g/mol. The van der Waals surface area contributed by atoms with Crippen molar-refractivity contribution in [2.45, 2.75) is 4.90 Å². The molecule has 21 heavy (non-hydrogen) atoms. The largest absolute Gasteiger partial charge is 0.273 e. The molecule has 110 valence electrons. The van der Waals surface area contributed by atoms with Crippen LogP contribution in [0.3, 0.4) is 0 Å². The fourth-order valence-corrected chi connectivity index (χ4v) is 3.04. The van der Waals surface area contributed by atoms with Crippen molar-refractivity contribution in [3.63, 3.8) is 0 Å². The van der Waals surface area contributed by atoms with E-state index in [2.05, 4.69) is 21.4 Å². The summed E-state index contributed by atoms with van der Waals surface area (Å²) >= 11 is 8.90. The summed E-state index contributed by atoms with van der Waals surface area (Å²) in [6.07, 6.45) is 0. The maximum atomic E-state index is 12.0. The Morgan fingerprint density at radius 2 is 1.76 bits per heavy atom. The second-order valence-corrected chi connectivity index (χ2v) is 7.06. The molecule has 0 saturated heterocycles. The van der Waals surface area contributed by atoms with Gasteiger partial charge in [-0.3, -0.25) is 10.2 Å². The molecule has 0 unspecified atom stereocenters. The molecule has 2 aromatic carbocycles. The molecule has 0 bridgehead atoms. The van der Waals surface area contributed by atoms with E-state index in [-0.39, 0.29) is 10.5 Å². The summed E-state index contributed by atoms with van der Waals surface area (Å²) in [5, 5.41) is 0.487. The summed E-state index contributed by atoms with van der Waals surface area (Å²) in [5.41, 5.74) is 2.43. The Morgan fingerprint density at radius 1 is 1.10 bits per heavy atom. The number of hydrogen-bond donors (Lipinski definition) is 2. The molecule has 0 spiro atoms. The second-order valence-electron chi connectivity index (χ2n) is 4.02. The van der Waals surface area contributed by atoms with Crippen molar-refractivity contribution in [3.8, 4) is 0 Å². The number of rotatable bonds is 4. The van der Waals surface area contributed by atoms with Gasteiger partial charge in [-0.05, 0) is 42.5 Å². The van der Waals surface area contributed by atoms with E-state index in [1.807, 2.05) is 4.83 Å². The highest BCUT2D eigenvalue weighted by Crippen LogP contribution is 2.15. The zero-order valence-electron chi connectivity index (χ0n) is 10.5. The highest BCUT2D eigenvalue weighted by molar-refractivity contribution is 9.10. The standard InChI is InChI=1S/C13H10BrClN2O3S/c14-10-2-1-3-12(8-10)21(19,20)17-16-13(18)9-4-6-11(15)7-5-9/h1-8,17H,(H,16,18). The molecule has 0 atom stereocenters. The summed E-state index contributed by atoms with van der Waals surface area (Å²) in [7, 11) is -3.83. The number of hydrogen-bond acceptors (Lipinski definition) is 3. The molecule has 0 aliphatic carbocycles. The number of benzene rings is 2. The summed E-state index contributed by atoms with van der Waals surface area (Å²) in [5.74, 6) is -0.578. The Morgan fingerprint density at radius 3 is 2.38 bits per heavy atom. The van der Waals surface area contributed by atoms with Crippen LogP contribution >= 0.6 is 27.5 Å². The van der Waals surface area contributed by atoms with Gasteiger partial charge < -0.3 is 0 Å². The third-order valence-corrected chi connectivity index (χ3v) is 4.50. The Balaban J connectivity index is 2.08. The van der Waals surface area contributed by atoms with E-state index in [4.69, 9.17) is 11.6 Å². The Labute approximate surface area is 135 Å². The van der Waals surface area contributed by atoms with Crippen LogP contribution < -0.4 is 10.3 Å². The first-order chi connectivity index (χ1) is 9.88. The quantitative estimate of drug-likeness (QED) is 0.790. The Hall–Kier alpha value is -1.41. The molecule has 0 aliphatic rings. The van der Waals surface area contributed by atoms with Gasteiger partial charge in [0.1, 0.15) is 0 Å². The molecule has 0 aromatic heterocycles. The second kappa shape index (κ2) is 6.57. The van der Waals surface area contributed by atoms with Crippen molar-refractivity contribution in [1.82, 2.24) is 10.3 Å². The first-order valence-electron chi connectivity index (χ1n) is 5.72. The lowest BCUT2D eigenvalue weighted by molar-refractivity contribution is 0.0945. The van der Waals surface area contributed by atoms with Gasteiger partial charge >= 0.3 is 0 Å². The van der Waals surface area contributed by atoms with Gasteiger partial charge in [0, 0.05) is 15.1 Å². The minimum atomic E-state index is -3.83. The van der Waals surface area contributed by atoms with E-state index in [1.165, 1.54) is 24.3 Å². The molecule has 0 fully saturated rings. The number of hydrazine groups is 1. The maximum Gasteiger partial charge on any atom is 0.266 e. The van der Waals surface area contributed by atoms with Crippen molar-refractivity contribution < 1.29 is 13.2 Å². The van der Waals surface area contributed by atoms with Gasteiger partial charge in [0.05, 0.1) is 4.90 Å². The van der Waals surface area contributed by atoms with Crippen LogP contribution in [0.25, 0.3) is 0 Å². The van der Waals surface area contributed by atoms with Gasteiger partial charge in [0.2, 0.25) is 0 Å². The number of amides is 1. The van der Waals surface area contributed by atoms with Crippen LogP contribution in [0.5, 0.6) is 0 Å². The van der Waals surface area contributed by atoms with Gasteiger partial charge in [-0.25, -0.2) is 8.42 Å². The summed E-state index contributed by atoms with van der Waals surface area (Å²) in [4.78, 5) is 13.9. The van der Waals surface area contributed by atoms with Crippen molar-refractivity contribution in [3.05, 3.63) is 63.6 Å². The minimum Gasteiger partial charge on any atom is -0.273 e. The lowest BCUT2D eigenvalue weighted by atomic mass is 10.2. The van der Waals surface area contributed by atoms with Crippen molar-refractivity contribution >= 4 is 43.5 Å². The van der Waals surface area contributed by atoms with Crippen molar-refractivity contribution in [2.24, 2.45) is 0 Å². The van der Waals surface area contributed by atoms with Crippen LogP contribution in [0.1, 0.15) is 10.4 Å². The number of carbonyl (C=O) groups excluding carboxylic acids is 1. The van der Waals surface area contributed by atoms with Crippen LogP contribution in [0.2, 0.25) is 5.02 Å². The van der Waals surface area contributed by atoms with E-state index in [1.54, 1.807) is 24.3 Å². The average Bonchev–Trinajstić information content (AvgIpc) is 2.45. The zero-order valence-corrected chi connectivity index (χ0v) is 13.7. The van der Waals surface area contributed by atoms with E-state index < -0.39 is 15.9 Å². The zero-order chi connectivity index (χ0) is 15.5. The third kappa shape index (κ3) is 4.28. The Bertz CT molecular complexity index is 763. The highest BCUT2D eigenvalue weighted by Gasteiger charge is 2.15. The van der Waals surface area contributed by atoms with Gasteiger partial charge in [-0.1, -0.05) is 33.6 Å². The Kier molecular flexibility index (Phi) is 5.00. The first kappa shape index (κ1) is 16.0. The van der Waals surface area contributed by atoms with E-state index in [0.29, 0.717) is 9.50 Å². The van der Waals surface area contributed by atoms with Crippen molar-refractivity contribution in [1.29, 1.82) is 0 Å². The summed E-state index contributed by atoms with van der Waals surface area (Å²) < 4.78 is 24.6. The smallest absolute Gasteiger partial charge is 0.266 e. The SMILES string of the molecule is O=C(NNS(=O)(=O)c1cccc(Br)c1)c1ccc(Cl)cc1. The van der Waals surface area contributed by atoms with Crippen LogP contribution in [0.4, 0.5) is 0 Å². The normalized spacial score (nSPS) is 11.1. The number of sulfonamides is 1. The number of nitrogens with one attached hydrogen (secondary N) is 2. The van der Waals surface area contributed by atoms with Crippen LogP contribution in [0.15, 0.2) is 57.9 Å². The maximum absolute atomic E-state index is 12.0. The van der Waals surface area contributed by atoms with E-state index in [0.717, 1.165) is 0 Å². The van der Waals surface area contributed by atoms with Crippen LogP contribution in [-0.2, 0) is 10.0 Å². The molecule has 2 rings (SSSR count). The predicted molar refractivity (Wildman–Crippen MR) is 83.4 cm³/mol. The fraction of sp³-hybridized carbons (Fsp3) is 0. The predicted octanol–water partition coefficient (Wildman–Crippen LogP) is 2.73. The molecule has 2 N–H and O–H groups in total. The molecule has 0 radical (unpaired) electrons. The number of halogens is 2. The highest BCUT2D eigenvalue weighted by atomic mass is 79.9. The third-order valence-electron chi connectivity index (χ3n) is 2.51. The van der Waals surface area contributed by atoms with Gasteiger partial charge in [-0.15, -0.1) is 4.83 Å². The van der Waals surface area contributed by atoms with Crippen molar-refractivity contribution in [2.75, 3.05) is 0 Å². The summed E-state index contributed by atoms with van der Waals surface area (Å²) in [6, 6.07) is 12.2. The minimum absolute atomic E-state index is 0.0354. The van der Waals surface area contributed by atoms with Gasteiger partial charge in [0.25, 0.3) is 15.9 Å². The molecular weight excluding hydrogens is 380 g/mol. The monoisotopic (exact) mass is 388 g/mol. The molecule has 0 heterocycles. The molecule has 2 aromatic rings. The lowest BCUT2D eigenvalue weighted by Gasteiger charge is -2.08. The van der Waals surface area contributed by atoms with Gasteiger partial charge in [-0.2, -0.15) is 0 Å². The molecule has 1 amide bonds. The number of carbonyl (C=O) groups is 1. The first-order valence-corrected chi connectivity index (χ1v) is 8.37. The van der Waals surface area contributed by atoms with Crippen LogP contribution in [-0.4, -0.2) is 14.3 Å².